The molecule has 0 amide bonds. The summed E-state index contributed by atoms with van der Waals surface area (Å²) in [6, 6.07) is 13.9. The van der Waals surface area contributed by atoms with E-state index in [0.717, 1.165) is 10.0 Å². The Morgan fingerprint density at radius 3 is 2.47 bits per heavy atom. The molecule has 2 aromatic carbocycles. The maximum Gasteiger partial charge on any atom is 0.184 e. The minimum atomic E-state index is -0.651. The molecule has 98 valence electrons. The molecule has 0 saturated carbocycles. The summed E-state index contributed by atoms with van der Waals surface area (Å²) in [4.78, 5) is 12.3. The van der Waals surface area contributed by atoms with E-state index >= 15 is 0 Å². The fraction of sp³-hybridized carbons (Fsp3) is 0.133. The Morgan fingerprint density at radius 2 is 1.89 bits per heavy atom. The Labute approximate surface area is 120 Å². The molecule has 0 bridgehead atoms. The third kappa shape index (κ3) is 3.03. The van der Waals surface area contributed by atoms with Crippen LogP contribution in [0.5, 0.6) is 5.75 Å². The van der Waals surface area contributed by atoms with E-state index in [4.69, 9.17) is 10.5 Å². The number of hydrogen-bond donors (Lipinski definition) is 1. The predicted octanol–water partition coefficient (Wildman–Crippen LogP) is 3.34. The zero-order valence-corrected chi connectivity index (χ0v) is 12.1. The van der Waals surface area contributed by atoms with Crippen LogP contribution in [0.2, 0.25) is 0 Å². The van der Waals surface area contributed by atoms with Crippen molar-refractivity contribution >= 4 is 21.7 Å². The number of methoxy groups -OCH3 is 1. The maximum atomic E-state index is 12.3. The van der Waals surface area contributed by atoms with Gasteiger partial charge in [0.2, 0.25) is 0 Å². The molecule has 0 radical (unpaired) electrons. The first kappa shape index (κ1) is 13.8. The topological polar surface area (TPSA) is 52.3 Å². The molecular formula is C15H14BrNO2. The molecule has 2 rings (SSSR count). The van der Waals surface area contributed by atoms with Gasteiger partial charge in [-0.2, -0.15) is 0 Å². The summed E-state index contributed by atoms with van der Waals surface area (Å²) in [5.41, 5.74) is 7.36. The Balaban J connectivity index is 2.27. The standard InChI is InChI=1S/C15H14BrNO2/c1-19-13-8-7-11(9-12(13)16)15(18)14(17)10-5-3-2-4-6-10/h2-9,14H,17H2,1H3. The summed E-state index contributed by atoms with van der Waals surface area (Å²) in [6.45, 7) is 0. The minimum absolute atomic E-state index is 0.116. The zero-order chi connectivity index (χ0) is 13.8. The van der Waals surface area contributed by atoms with Crippen molar-refractivity contribution in [1.82, 2.24) is 0 Å². The number of rotatable bonds is 4. The van der Waals surface area contributed by atoms with Crippen molar-refractivity contribution in [3.63, 3.8) is 0 Å². The predicted molar refractivity (Wildman–Crippen MR) is 78.4 cm³/mol. The van der Waals surface area contributed by atoms with Gasteiger partial charge in [-0.15, -0.1) is 0 Å². The molecule has 0 aliphatic heterocycles. The first-order chi connectivity index (χ1) is 9.13. The third-order valence-electron chi connectivity index (χ3n) is 2.88. The van der Waals surface area contributed by atoms with Gasteiger partial charge in [-0.3, -0.25) is 4.79 Å². The van der Waals surface area contributed by atoms with Gasteiger partial charge in [0.1, 0.15) is 5.75 Å². The van der Waals surface area contributed by atoms with Gasteiger partial charge in [-0.05, 0) is 39.7 Å². The van der Waals surface area contributed by atoms with E-state index in [-0.39, 0.29) is 5.78 Å². The molecule has 0 saturated heterocycles. The van der Waals surface area contributed by atoms with Crippen molar-refractivity contribution < 1.29 is 9.53 Å². The number of carbonyl (C=O) groups excluding carboxylic acids is 1. The monoisotopic (exact) mass is 319 g/mol. The number of carbonyl (C=O) groups is 1. The summed E-state index contributed by atoms with van der Waals surface area (Å²) in [6.07, 6.45) is 0. The second-order valence-corrected chi connectivity index (χ2v) is 4.96. The Bertz CT molecular complexity index is 584. The van der Waals surface area contributed by atoms with E-state index in [1.165, 1.54) is 0 Å². The minimum Gasteiger partial charge on any atom is -0.496 e. The quantitative estimate of drug-likeness (QED) is 0.879. The maximum absolute atomic E-state index is 12.3. The molecule has 4 heteroatoms. The van der Waals surface area contributed by atoms with Crippen LogP contribution >= 0.6 is 15.9 Å². The summed E-state index contributed by atoms with van der Waals surface area (Å²) in [5.74, 6) is 0.569. The van der Waals surface area contributed by atoms with Gasteiger partial charge in [0.05, 0.1) is 17.6 Å². The molecule has 19 heavy (non-hydrogen) atoms. The Morgan fingerprint density at radius 1 is 1.21 bits per heavy atom. The fourth-order valence-electron chi connectivity index (χ4n) is 1.81. The molecule has 0 aliphatic carbocycles. The lowest BCUT2D eigenvalue weighted by molar-refractivity contribution is 0.0961. The van der Waals surface area contributed by atoms with Crippen LogP contribution in [-0.4, -0.2) is 12.9 Å². The summed E-state index contributed by atoms with van der Waals surface area (Å²) >= 11 is 3.36. The normalized spacial score (nSPS) is 11.9. The van der Waals surface area contributed by atoms with Crippen LogP contribution in [0.25, 0.3) is 0 Å². The zero-order valence-electron chi connectivity index (χ0n) is 10.5. The van der Waals surface area contributed by atoms with E-state index in [1.54, 1.807) is 25.3 Å². The van der Waals surface area contributed by atoms with Crippen molar-refractivity contribution in [3.05, 3.63) is 64.1 Å². The lowest BCUT2D eigenvalue weighted by atomic mass is 9.98. The highest BCUT2D eigenvalue weighted by molar-refractivity contribution is 9.10. The van der Waals surface area contributed by atoms with Crippen molar-refractivity contribution in [2.75, 3.05) is 7.11 Å². The first-order valence-electron chi connectivity index (χ1n) is 5.81. The second-order valence-electron chi connectivity index (χ2n) is 4.10. The first-order valence-corrected chi connectivity index (χ1v) is 6.61. The van der Waals surface area contributed by atoms with E-state index < -0.39 is 6.04 Å². The third-order valence-corrected chi connectivity index (χ3v) is 3.50. The molecule has 0 spiro atoms. The number of halogens is 1. The Kier molecular flexibility index (Phi) is 4.35. The summed E-state index contributed by atoms with van der Waals surface area (Å²) < 4.78 is 5.87. The molecular weight excluding hydrogens is 306 g/mol. The van der Waals surface area contributed by atoms with Gasteiger partial charge in [0.25, 0.3) is 0 Å². The van der Waals surface area contributed by atoms with Gasteiger partial charge in [-0.1, -0.05) is 30.3 Å². The van der Waals surface area contributed by atoms with Gasteiger partial charge in [0, 0.05) is 5.56 Å². The number of ketones is 1. The van der Waals surface area contributed by atoms with Crippen LogP contribution in [0.15, 0.2) is 53.0 Å². The fourth-order valence-corrected chi connectivity index (χ4v) is 2.35. The molecule has 0 aromatic heterocycles. The number of ether oxygens (including phenoxy) is 1. The van der Waals surface area contributed by atoms with Gasteiger partial charge in [0.15, 0.2) is 5.78 Å². The molecule has 0 heterocycles. The number of benzene rings is 2. The molecule has 3 nitrogen and oxygen atoms in total. The lowest BCUT2D eigenvalue weighted by Crippen LogP contribution is -2.21. The smallest absolute Gasteiger partial charge is 0.184 e. The van der Waals surface area contributed by atoms with E-state index in [1.807, 2.05) is 30.3 Å². The van der Waals surface area contributed by atoms with Crippen molar-refractivity contribution in [2.24, 2.45) is 5.73 Å². The van der Waals surface area contributed by atoms with Crippen molar-refractivity contribution in [2.45, 2.75) is 6.04 Å². The van der Waals surface area contributed by atoms with Crippen LogP contribution in [0.3, 0.4) is 0 Å². The molecule has 0 aliphatic rings. The highest BCUT2D eigenvalue weighted by atomic mass is 79.9. The van der Waals surface area contributed by atoms with E-state index in [2.05, 4.69) is 15.9 Å². The highest BCUT2D eigenvalue weighted by Gasteiger charge is 2.18. The highest BCUT2D eigenvalue weighted by Crippen LogP contribution is 2.27. The van der Waals surface area contributed by atoms with Crippen molar-refractivity contribution in [3.8, 4) is 5.75 Å². The molecule has 2 aromatic rings. The van der Waals surface area contributed by atoms with Gasteiger partial charge >= 0.3 is 0 Å². The van der Waals surface area contributed by atoms with Crippen LogP contribution in [0.4, 0.5) is 0 Å². The molecule has 1 unspecified atom stereocenters. The van der Waals surface area contributed by atoms with Crippen molar-refractivity contribution in [1.29, 1.82) is 0 Å². The average molecular weight is 320 g/mol. The van der Waals surface area contributed by atoms with Crippen LogP contribution in [0.1, 0.15) is 22.0 Å². The summed E-state index contributed by atoms with van der Waals surface area (Å²) in [5, 5.41) is 0. The number of nitrogens with two attached hydrogens (primary N) is 1. The van der Waals surface area contributed by atoms with E-state index in [0.29, 0.717) is 11.3 Å². The molecule has 0 fully saturated rings. The van der Waals surface area contributed by atoms with Crippen LogP contribution < -0.4 is 10.5 Å². The second kappa shape index (κ2) is 5.99. The average Bonchev–Trinajstić information content (AvgIpc) is 2.46. The lowest BCUT2D eigenvalue weighted by Gasteiger charge is -2.12. The SMILES string of the molecule is COc1ccc(C(=O)C(N)c2ccccc2)cc1Br. The molecule has 2 N–H and O–H groups in total. The van der Waals surface area contributed by atoms with Gasteiger partial charge < -0.3 is 10.5 Å². The number of Topliss-reactive ketones (excluding diaryl/α,β-unsaturated/α-hetero) is 1. The molecule has 1 atom stereocenters. The van der Waals surface area contributed by atoms with Crippen LogP contribution in [-0.2, 0) is 0 Å². The number of hydrogen-bond acceptors (Lipinski definition) is 3. The Hall–Kier alpha value is -1.65. The van der Waals surface area contributed by atoms with E-state index in [9.17, 15) is 4.79 Å². The largest absolute Gasteiger partial charge is 0.496 e. The van der Waals surface area contributed by atoms with Crippen LogP contribution in [0, 0.1) is 0 Å². The van der Waals surface area contributed by atoms with Gasteiger partial charge in [-0.25, -0.2) is 0 Å². The summed E-state index contributed by atoms with van der Waals surface area (Å²) in [7, 11) is 1.58.